The van der Waals surface area contributed by atoms with E-state index in [1.807, 2.05) is 12.5 Å². The van der Waals surface area contributed by atoms with Crippen molar-refractivity contribution < 1.29 is 0 Å². The van der Waals surface area contributed by atoms with Gasteiger partial charge in [-0.1, -0.05) is 33.2 Å². The number of rotatable bonds is 2. The Morgan fingerprint density at radius 1 is 1.21 bits per heavy atom. The molecule has 1 aromatic rings. The molecule has 1 aromatic heterocycles. The predicted octanol–water partition coefficient (Wildman–Crippen LogP) is 1.44. The highest BCUT2D eigenvalue weighted by atomic mass is 15.1. The molecule has 0 N–H and O–H groups in total. The van der Waals surface area contributed by atoms with Gasteiger partial charge in [-0.25, -0.2) is 4.98 Å². The molecular weight excluding hydrogens is 171 g/mol. The molecule has 0 bridgehead atoms. The molecule has 74 valence electrons. The molecule has 0 aromatic carbocycles. The first-order valence-electron chi connectivity index (χ1n) is 5.35. The molecule has 0 amide bonds. The second kappa shape index (κ2) is 3.30. The van der Waals surface area contributed by atoms with E-state index in [-0.39, 0.29) is 0 Å². The van der Waals surface area contributed by atoms with Crippen LogP contribution in [0.4, 0.5) is 0 Å². The predicted molar refractivity (Wildman–Crippen MR) is 61.9 cm³/mol. The Labute approximate surface area is 86.3 Å². The van der Waals surface area contributed by atoms with E-state index >= 15 is 0 Å². The molecule has 0 atom stereocenters. The number of hydrogen-bond acceptors (Lipinski definition) is 1. The van der Waals surface area contributed by atoms with Gasteiger partial charge in [0.15, 0.2) is 0 Å². The summed E-state index contributed by atoms with van der Waals surface area (Å²) in [7, 11) is 1.09. The Morgan fingerprint density at radius 3 is 2.50 bits per heavy atom. The summed E-state index contributed by atoms with van der Waals surface area (Å²) in [6.07, 6.45) is 3.93. The Balaban J connectivity index is 2.49. The van der Waals surface area contributed by atoms with Crippen molar-refractivity contribution in [3.05, 3.63) is 18.0 Å². The SMILES string of the molecule is CC(C)C1=C(C(C)C)n2cncc2B1. The molecule has 14 heavy (non-hydrogen) atoms. The maximum absolute atomic E-state index is 4.20. The van der Waals surface area contributed by atoms with E-state index in [1.165, 1.54) is 11.3 Å². The van der Waals surface area contributed by atoms with Crippen LogP contribution in [0.2, 0.25) is 0 Å². The van der Waals surface area contributed by atoms with Crippen LogP contribution in [-0.4, -0.2) is 16.8 Å². The lowest BCUT2D eigenvalue weighted by molar-refractivity contribution is 0.753. The normalized spacial score (nSPS) is 15.3. The molecule has 0 aliphatic carbocycles. The quantitative estimate of drug-likeness (QED) is 0.642. The number of fused-ring (bicyclic) bond motifs is 1. The van der Waals surface area contributed by atoms with Crippen molar-refractivity contribution in [3.63, 3.8) is 0 Å². The zero-order valence-electron chi connectivity index (χ0n) is 9.41. The molecule has 3 heteroatoms. The number of imidazole rings is 1. The minimum atomic E-state index is 0.586. The van der Waals surface area contributed by atoms with Gasteiger partial charge >= 0.3 is 0 Å². The third-order valence-electron chi connectivity index (χ3n) is 2.92. The molecule has 2 nitrogen and oxygen atoms in total. The fourth-order valence-corrected chi connectivity index (χ4v) is 2.26. The summed E-state index contributed by atoms with van der Waals surface area (Å²) in [6, 6.07) is 0. The molecule has 0 unspecified atom stereocenters. The van der Waals surface area contributed by atoms with Crippen LogP contribution in [0, 0.1) is 11.8 Å². The molecule has 1 aliphatic rings. The van der Waals surface area contributed by atoms with Crippen LogP contribution in [0.5, 0.6) is 0 Å². The van der Waals surface area contributed by atoms with Crippen molar-refractivity contribution in [3.8, 4) is 0 Å². The smallest absolute Gasteiger partial charge is 0.213 e. The highest BCUT2D eigenvalue weighted by Crippen LogP contribution is 2.27. The van der Waals surface area contributed by atoms with Gasteiger partial charge in [-0.2, -0.15) is 0 Å². The molecule has 0 radical (unpaired) electrons. The van der Waals surface area contributed by atoms with E-state index < -0.39 is 0 Å². The Hall–Kier alpha value is -0.985. The summed E-state index contributed by atoms with van der Waals surface area (Å²) in [6.45, 7) is 9.06. The second-order valence-corrected chi connectivity index (χ2v) is 4.65. The van der Waals surface area contributed by atoms with E-state index in [4.69, 9.17) is 0 Å². The van der Waals surface area contributed by atoms with Crippen molar-refractivity contribution in [1.29, 1.82) is 0 Å². The molecule has 0 saturated heterocycles. The van der Waals surface area contributed by atoms with Gasteiger partial charge in [-0.3, -0.25) is 0 Å². The topological polar surface area (TPSA) is 17.8 Å². The Morgan fingerprint density at radius 2 is 1.93 bits per heavy atom. The van der Waals surface area contributed by atoms with E-state index in [0.717, 1.165) is 7.28 Å². The third-order valence-corrected chi connectivity index (χ3v) is 2.92. The molecule has 1 aliphatic heterocycles. The van der Waals surface area contributed by atoms with Gasteiger partial charge in [0.2, 0.25) is 7.28 Å². The van der Waals surface area contributed by atoms with Crippen molar-refractivity contribution in [1.82, 2.24) is 9.55 Å². The van der Waals surface area contributed by atoms with E-state index in [1.54, 1.807) is 5.47 Å². The molecule has 0 fully saturated rings. The first kappa shape index (κ1) is 9.57. The van der Waals surface area contributed by atoms with Crippen molar-refractivity contribution in [2.45, 2.75) is 27.7 Å². The highest BCUT2D eigenvalue weighted by Gasteiger charge is 2.25. The van der Waals surface area contributed by atoms with Crippen molar-refractivity contribution in [2.75, 3.05) is 0 Å². The first-order valence-corrected chi connectivity index (χ1v) is 5.35. The summed E-state index contributed by atoms with van der Waals surface area (Å²) in [5.74, 6) is 1.23. The van der Waals surface area contributed by atoms with Gasteiger partial charge in [-0.05, 0) is 11.8 Å². The number of hydrogen-bond donors (Lipinski definition) is 0. The lowest BCUT2D eigenvalue weighted by atomic mass is 9.63. The molecule has 2 rings (SSSR count). The van der Waals surface area contributed by atoms with Crippen LogP contribution >= 0.6 is 0 Å². The second-order valence-electron chi connectivity index (χ2n) is 4.65. The van der Waals surface area contributed by atoms with Crippen molar-refractivity contribution >= 4 is 18.6 Å². The Bertz CT molecular complexity index is 374. The number of allylic oxidation sites excluding steroid dienone is 2. The zero-order chi connectivity index (χ0) is 10.3. The van der Waals surface area contributed by atoms with Gasteiger partial charge in [0.25, 0.3) is 0 Å². The largest absolute Gasteiger partial charge is 0.317 e. The Kier molecular flexibility index (Phi) is 2.26. The average molecular weight is 188 g/mol. The fraction of sp³-hybridized carbons (Fsp3) is 0.545. The number of aromatic nitrogens is 2. The standard InChI is InChI=1S/C11H17BN2/c1-7(2)10-11(8(3)4)14-6-13-5-9(14)12-10/h5-8,12H,1-4H3. The van der Waals surface area contributed by atoms with Crippen LogP contribution in [0.25, 0.3) is 5.70 Å². The van der Waals surface area contributed by atoms with Crippen LogP contribution in [-0.2, 0) is 0 Å². The molecular formula is C11H17BN2. The molecule has 0 saturated carbocycles. The van der Waals surface area contributed by atoms with Crippen molar-refractivity contribution in [2.24, 2.45) is 11.8 Å². The van der Waals surface area contributed by atoms with Gasteiger partial charge < -0.3 is 4.57 Å². The number of nitrogens with zero attached hydrogens (tertiary/aromatic N) is 2. The highest BCUT2D eigenvalue weighted by molar-refractivity contribution is 6.63. The van der Waals surface area contributed by atoms with E-state index in [9.17, 15) is 0 Å². The summed E-state index contributed by atoms with van der Waals surface area (Å²) in [5, 5.41) is 0. The van der Waals surface area contributed by atoms with Crippen LogP contribution < -0.4 is 5.59 Å². The lowest BCUT2D eigenvalue weighted by Gasteiger charge is -2.15. The van der Waals surface area contributed by atoms with E-state index in [2.05, 4.69) is 37.2 Å². The minimum absolute atomic E-state index is 0.586. The fourth-order valence-electron chi connectivity index (χ4n) is 2.26. The molecule has 2 heterocycles. The monoisotopic (exact) mass is 188 g/mol. The van der Waals surface area contributed by atoms with E-state index in [0.29, 0.717) is 11.8 Å². The van der Waals surface area contributed by atoms with Crippen LogP contribution in [0.15, 0.2) is 18.0 Å². The first-order chi connectivity index (χ1) is 6.61. The van der Waals surface area contributed by atoms with Crippen LogP contribution in [0.3, 0.4) is 0 Å². The summed E-state index contributed by atoms with van der Waals surface area (Å²) < 4.78 is 2.26. The third kappa shape index (κ3) is 1.31. The van der Waals surface area contributed by atoms with Gasteiger partial charge in [0, 0.05) is 17.5 Å². The zero-order valence-corrected chi connectivity index (χ0v) is 9.41. The van der Waals surface area contributed by atoms with Gasteiger partial charge in [0.1, 0.15) is 0 Å². The average Bonchev–Trinajstić information content (AvgIpc) is 2.58. The maximum Gasteiger partial charge on any atom is 0.213 e. The van der Waals surface area contributed by atoms with Crippen LogP contribution in [0.1, 0.15) is 27.7 Å². The minimum Gasteiger partial charge on any atom is -0.317 e. The van der Waals surface area contributed by atoms with Gasteiger partial charge in [0.05, 0.1) is 6.33 Å². The maximum atomic E-state index is 4.20. The summed E-state index contributed by atoms with van der Waals surface area (Å²) in [4.78, 5) is 4.20. The van der Waals surface area contributed by atoms with Gasteiger partial charge in [-0.15, -0.1) is 0 Å². The summed E-state index contributed by atoms with van der Waals surface area (Å²) in [5.41, 5.74) is 4.39. The summed E-state index contributed by atoms with van der Waals surface area (Å²) >= 11 is 0. The lowest BCUT2D eigenvalue weighted by Crippen LogP contribution is -2.17. The molecule has 0 spiro atoms.